The van der Waals surface area contributed by atoms with Gasteiger partial charge in [0.1, 0.15) is 10.9 Å². The van der Waals surface area contributed by atoms with Gasteiger partial charge >= 0.3 is 5.97 Å². The van der Waals surface area contributed by atoms with Crippen molar-refractivity contribution >= 4 is 23.9 Å². The van der Waals surface area contributed by atoms with Gasteiger partial charge in [-0.2, -0.15) is 0 Å². The van der Waals surface area contributed by atoms with Crippen molar-refractivity contribution in [2.45, 2.75) is 0 Å². The van der Waals surface area contributed by atoms with E-state index in [9.17, 15) is 9.59 Å². The summed E-state index contributed by atoms with van der Waals surface area (Å²) in [5.74, 6) is -0.655. The molecule has 0 aromatic carbocycles. The van der Waals surface area contributed by atoms with Gasteiger partial charge in [-0.15, -0.1) is 0 Å². The smallest absolute Gasteiger partial charge is 0.338 e. The maximum atomic E-state index is 10.9. The number of hydrogen-bond acceptors (Lipinski definition) is 4. The SMILES string of the molecule is O=Cc1ccc(-c2cnc(Cl)c(C(=O)O)c2)o1. The summed E-state index contributed by atoms with van der Waals surface area (Å²) in [7, 11) is 0. The van der Waals surface area contributed by atoms with Crippen molar-refractivity contribution in [1.29, 1.82) is 0 Å². The second-order valence-electron chi connectivity index (χ2n) is 3.19. The van der Waals surface area contributed by atoms with Crippen LogP contribution in [0, 0.1) is 0 Å². The molecule has 6 heteroatoms. The fourth-order valence-electron chi connectivity index (χ4n) is 1.30. The zero-order valence-electron chi connectivity index (χ0n) is 8.38. The molecule has 0 radical (unpaired) electrons. The van der Waals surface area contributed by atoms with Gasteiger partial charge in [0, 0.05) is 11.8 Å². The third-order valence-electron chi connectivity index (χ3n) is 2.10. The van der Waals surface area contributed by atoms with Crippen LogP contribution in [0.4, 0.5) is 0 Å². The highest BCUT2D eigenvalue weighted by atomic mass is 35.5. The lowest BCUT2D eigenvalue weighted by Crippen LogP contribution is -1.99. The molecule has 2 aromatic heterocycles. The van der Waals surface area contributed by atoms with E-state index in [4.69, 9.17) is 21.1 Å². The molecule has 1 N–H and O–H groups in total. The second-order valence-corrected chi connectivity index (χ2v) is 3.55. The largest absolute Gasteiger partial charge is 0.478 e. The molecule has 0 saturated carbocycles. The van der Waals surface area contributed by atoms with Gasteiger partial charge < -0.3 is 9.52 Å². The van der Waals surface area contributed by atoms with Gasteiger partial charge in [0.25, 0.3) is 0 Å². The molecule has 0 bridgehead atoms. The van der Waals surface area contributed by atoms with E-state index in [0.29, 0.717) is 17.6 Å². The first-order valence-corrected chi connectivity index (χ1v) is 4.94. The zero-order chi connectivity index (χ0) is 12.4. The van der Waals surface area contributed by atoms with Crippen LogP contribution in [-0.2, 0) is 0 Å². The fourth-order valence-corrected chi connectivity index (χ4v) is 1.49. The summed E-state index contributed by atoms with van der Waals surface area (Å²) in [6.45, 7) is 0. The molecule has 0 aliphatic carbocycles. The van der Waals surface area contributed by atoms with Crippen LogP contribution in [0.5, 0.6) is 0 Å². The molecule has 0 fully saturated rings. The van der Waals surface area contributed by atoms with E-state index in [-0.39, 0.29) is 16.5 Å². The highest BCUT2D eigenvalue weighted by molar-refractivity contribution is 6.32. The lowest BCUT2D eigenvalue weighted by molar-refractivity contribution is 0.0696. The van der Waals surface area contributed by atoms with Gasteiger partial charge in [0.05, 0.1) is 5.56 Å². The standard InChI is InChI=1S/C11H6ClNO4/c12-10-8(11(15)16)3-6(4-13-10)9-2-1-7(5-14)17-9/h1-5H,(H,15,16). The quantitative estimate of drug-likeness (QED) is 0.670. The lowest BCUT2D eigenvalue weighted by atomic mass is 10.1. The first-order valence-electron chi connectivity index (χ1n) is 4.56. The molecule has 0 aliphatic heterocycles. The minimum atomic E-state index is -1.17. The van der Waals surface area contributed by atoms with Crippen molar-refractivity contribution in [2.24, 2.45) is 0 Å². The summed E-state index contributed by atoms with van der Waals surface area (Å²) >= 11 is 5.63. The number of aldehydes is 1. The number of rotatable bonds is 3. The molecule has 86 valence electrons. The highest BCUT2D eigenvalue weighted by Crippen LogP contribution is 2.24. The number of carbonyl (C=O) groups excluding carboxylic acids is 1. The van der Waals surface area contributed by atoms with Crippen LogP contribution in [-0.4, -0.2) is 22.3 Å². The number of halogens is 1. The van der Waals surface area contributed by atoms with E-state index in [2.05, 4.69) is 4.98 Å². The van der Waals surface area contributed by atoms with Crippen molar-refractivity contribution in [2.75, 3.05) is 0 Å². The zero-order valence-corrected chi connectivity index (χ0v) is 9.14. The Hall–Kier alpha value is -2.14. The van der Waals surface area contributed by atoms with Gasteiger partial charge in [-0.25, -0.2) is 9.78 Å². The summed E-state index contributed by atoms with van der Waals surface area (Å²) < 4.78 is 5.15. The Kier molecular flexibility index (Phi) is 2.93. The molecule has 2 rings (SSSR count). The molecule has 0 aliphatic rings. The van der Waals surface area contributed by atoms with Crippen LogP contribution in [0.1, 0.15) is 20.9 Å². The van der Waals surface area contributed by atoms with Crippen LogP contribution in [0.25, 0.3) is 11.3 Å². The Morgan fingerprint density at radius 1 is 1.47 bits per heavy atom. The van der Waals surface area contributed by atoms with E-state index < -0.39 is 5.97 Å². The third-order valence-corrected chi connectivity index (χ3v) is 2.40. The summed E-state index contributed by atoms with van der Waals surface area (Å²) in [5.41, 5.74) is 0.327. The Labute approximate surface area is 101 Å². The van der Waals surface area contributed by atoms with Crippen molar-refractivity contribution < 1.29 is 19.1 Å². The average Bonchev–Trinajstić information content (AvgIpc) is 2.78. The third kappa shape index (κ3) is 2.19. The van der Waals surface area contributed by atoms with Gasteiger partial charge in [-0.3, -0.25) is 4.79 Å². The van der Waals surface area contributed by atoms with E-state index in [1.54, 1.807) is 6.07 Å². The molecule has 0 saturated heterocycles. The highest BCUT2D eigenvalue weighted by Gasteiger charge is 2.13. The number of carboxylic acid groups (broad SMARTS) is 1. The fraction of sp³-hybridized carbons (Fsp3) is 0. The topological polar surface area (TPSA) is 80.4 Å². The summed E-state index contributed by atoms with van der Waals surface area (Å²) in [6.07, 6.45) is 1.94. The van der Waals surface area contributed by atoms with Crippen molar-refractivity contribution in [3.8, 4) is 11.3 Å². The molecule has 0 spiro atoms. The lowest BCUT2D eigenvalue weighted by Gasteiger charge is -2.00. The number of pyridine rings is 1. The first-order chi connectivity index (χ1) is 8.11. The number of nitrogens with zero attached hydrogens (tertiary/aromatic N) is 1. The minimum Gasteiger partial charge on any atom is -0.478 e. The van der Waals surface area contributed by atoms with E-state index in [1.807, 2.05) is 0 Å². The predicted molar refractivity (Wildman–Crippen MR) is 59.3 cm³/mol. The summed E-state index contributed by atoms with van der Waals surface area (Å²) in [4.78, 5) is 25.1. The van der Waals surface area contributed by atoms with Crippen LogP contribution in [0.15, 0.2) is 28.8 Å². The molecule has 17 heavy (non-hydrogen) atoms. The van der Waals surface area contributed by atoms with Crippen LogP contribution < -0.4 is 0 Å². The van der Waals surface area contributed by atoms with Crippen LogP contribution in [0.3, 0.4) is 0 Å². The van der Waals surface area contributed by atoms with Crippen molar-refractivity contribution in [3.63, 3.8) is 0 Å². The average molecular weight is 252 g/mol. The molecular weight excluding hydrogens is 246 g/mol. The second kappa shape index (κ2) is 4.39. The Bertz CT molecular complexity index is 591. The van der Waals surface area contributed by atoms with E-state index >= 15 is 0 Å². The minimum absolute atomic E-state index is 0.0941. The Balaban J connectivity index is 2.49. The predicted octanol–water partition coefficient (Wildman–Crippen LogP) is 2.51. The van der Waals surface area contributed by atoms with Crippen LogP contribution in [0.2, 0.25) is 5.15 Å². The number of aromatic nitrogens is 1. The molecule has 0 amide bonds. The number of carboxylic acids is 1. The van der Waals surface area contributed by atoms with Crippen LogP contribution >= 0.6 is 11.6 Å². The van der Waals surface area contributed by atoms with Crippen molar-refractivity contribution in [1.82, 2.24) is 4.98 Å². The monoisotopic (exact) mass is 251 g/mol. The van der Waals surface area contributed by atoms with Gasteiger partial charge in [-0.05, 0) is 18.2 Å². The Morgan fingerprint density at radius 2 is 2.24 bits per heavy atom. The summed E-state index contributed by atoms with van der Waals surface area (Å²) in [5, 5.41) is 8.78. The first kappa shape index (κ1) is 11.3. The molecule has 2 heterocycles. The maximum absolute atomic E-state index is 10.9. The maximum Gasteiger partial charge on any atom is 0.338 e. The molecule has 5 nitrogen and oxygen atoms in total. The van der Waals surface area contributed by atoms with Gasteiger partial charge in [0.2, 0.25) is 0 Å². The summed E-state index contributed by atoms with van der Waals surface area (Å²) in [6, 6.07) is 4.38. The number of furan rings is 1. The normalized spacial score (nSPS) is 10.2. The van der Waals surface area contributed by atoms with E-state index in [0.717, 1.165) is 0 Å². The van der Waals surface area contributed by atoms with Gasteiger partial charge in [-0.1, -0.05) is 11.6 Å². The molecular formula is C11H6ClNO4. The molecule has 0 unspecified atom stereocenters. The molecule has 0 atom stereocenters. The number of aromatic carboxylic acids is 1. The number of hydrogen-bond donors (Lipinski definition) is 1. The number of carbonyl (C=O) groups is 2. The van der Waals surface area contributed by atoms with Gasteiger partial charge in [0.15, 0.2) is 12.0 Å². The van der Waals surface area contributed by atoms with Crippen molar-refractivity contribution in [3.05, 3.63) is 40.9 Å². The Morgan fingerprint density at radius 3 is 2.82 bits per heavy atom. The molecule has 2 aromatic rings. The van der Waals surface area contributed by atoms with E-state index in [1.165, 1.54) is 18.3 Å².